The monoisotopic (exact) mass is 414 g/mol. The lowest BCUT2D eigenvalue weighted by atomic mass is 9.99. The summed E-state index contributed by atoms with van der Waals surface area (Å²) in [4.78, 5) is 29.3. The van der Waals surface area contributed by atoms with Crippen LogP contribution in [0.1, 0.15) is 23.1 Å². The Morgan fingerprint density at radius 3 is 2.43 bits per heavy atom. The van der Waals surface area contributed by atoms with Crippen molar-refractivity contribution in [2.45, 2.75) is 13.0 Å². The topological polar surface area (TPSA) is 83.2 Å². The van der Waals surface area contributed by atoms with Gasteiger partial charge in [-0.3, -0.25) is 14.5 Å². The number of ether oxygens (including phenoxy) is 1. The number of likely N-dealkylation sites (tertiary alicyclic amines) is 1. The van der Waals surface area contributed by atoms with Gasteiger partial charge in [-0.1, -0.05) is 0 Å². The number of aryl methyl sites for hydroxylation is 1. The van der Waals surface area contributed by atoms with E-state index in [2.05, 4.69) is 4.90 Å². The average molecular weight is 414 g/mol. The number of hydrogen-bond acceptors (Lipinski definition) is 6. The molecule has 0 bridgehead atoms. The Morgan fingerprint density at radius 1 is 1.10 bits per heavy atom. The normalized spacial score (nSPS) is 22.1. The molecule has 2 aromatic rings. The van der Waals surface area contributed by atoms with Gasteiger partial charge in [-0.25, -0.2) is 4.39 Å². The highest BCUT2D eigenvalue weighted by molar-refractivity contribution is 6.46. The van der Waals surface area contributed by atoms with Crippen molar-refractivity contribution in [2.24, 2.45) is 0 Å². The number of morpholine rings is 1. The van der Waals surface area contributed by atoms with E-state index in [4.69, 9.17) is 9.15 Å². The standard InChI is InChI=1S/C22H23FN2O5/c1-14-2-7-17(30-14)19-18(20(26)15-3-5-16(23)6-4-15)21(27)22(28)25(19)9-8-24-10-12-29-13-11-24/h2-7,19,26H,8-13H2,1H3/b20-18+/t19-/m0/s1. The first-order chi connectivity index (χ1) is 14.5. The Bertz CT molecular complexity index is 976. The number of carbonyl (C=O) groups is 2. The van der Waals surface area contributed by atoms with Crippen LogP contribution in [0, 0.1) is 12.7 Å². The molecule has 1 aromatic heterocycles. The van der Waals surface area contributed by atoms with Gasteiger partial charge in [0.1, 0.15) is 29.1 Å². The molecule has 2 saturated heterocycles. The highest BCUT2D eigenvalue weighted by Crippen LogP contribution is 2.39. The highest BCUT2D eigenvalue weighted by atomic mass is 19.1. The molecule has 2 fully saturated rings. The summed E-state index contributed by atoms with van der Waals surface area (Å²) in [7, 11) is 0. The van der Waals surface area contributed by atoms with Crippen molar-refractivity contribution in [3.05, 3.63) is 64.9 Å². The van der Waals surface area contributed by atoms with Crippen molar-refractivity contribution in [1.82, 2.24) is 9.80 Å². The lowest BCUT2D eigenvalue weighted by Gasteiger charge is -2.30. The third-order valence-corrected chi connectivity index (χ3v) is 5.45. The van der Waals surface area contributed by atoms with Crippen molar-refractivity contribution >= 4 is 17.4 Å². The number of ketones is 1. The molecular weight excluding hydrogens is 391 g/mol. The molecular formula is C22H23FN2O5. The maximum absolute atomic E-state index is 13.3. The minimum Gasteiger partial charge on any atom is -0.507 e. The van der Waals surface area contributed by atoms with E-state index < -0.39 is 23.5 Å². The molecule has 1 aromatic carbocycles. The molecule has 8 heteroatoms. The predicted molar refractivity (Wildman–Crippen MR) is 106 cm³/mol. The molecule has 1 atom stereocenters. The summed E-state index contributed by atoms with van der Waals surface area (Å²) in [5, 5.41) is 10.9. The van der Waals surface area contributed by atoms with Crippen molar-refractivity contribution in [3.63, 3.8) is 0 Å². The van der Waals surface area contributed by atoms with E-state index in [1.165, 1.54) is 29.2 Å². The van der Waals surface area contributed by atoms with E-state index >= 15 is 0 Å². The zero-order valence-electron chi connectivity index (χ0n) is 16.6. The first kappa shape index (κ1) is 20.3. The Balaban J connectivity index is 1.70. The third kappa shape index (κ3) is 3.88. The number of aliphatic hydroxyl groups is 1. The summed E-state index contributed by atoms with van der Waals surface area (Å²) < 4.78 is 24.4. The zero-order chi connectivity index (χ0) is 21.3. The fourth-order valence-electron chi connectivity index (χ4n) is 3.84. The van der Waals surface area contributed by atoms with Gasteiger partial charge in [0.2, 0.25) is 0 Å². The SMILES string of the molecule is Cc1ccc([C@H]2/C(=C(\O)c3ccc(F)cc3)C(=O)C(=O)N2CCN2CCOCC2)o1. The fourth-order valence-corrected chi connectivity index (χ4v) is 3.84. The van der Waals surface area contributed by atoms with Gasteiger partial charge >= 0.3 is 0 Å². The van der Waals surface area contributed by atoms with E-state index in [9.17, 15) is 19.1 Å². The Morgan fingerprint density at radius 2 is 1.80 bits per heavy atom. The van der Waals surface area contributed by atoms with Gasteiger partial charge in [-0.15, -0.1) is 0 Å². The summed E-state index contributed by atoms with van der Waals surface area (Å²) in [5.41, 5.74) is 0.207. The summed E-state index contributed by atoms with van der Waals surface area (Å²) in [6.07, 6.45) is 0. The van der Waals surface area contributed by atoms with Crippen molar-refractivity contribution in [3.8, 4) is 0 Å². The lowest BCUT2D eigenvalue weighted by Crippen LogP contribution is -2.42. The fraction of sp³-hybridized carbons (Fsp3) is 0.364. The van der Waals surface area contributed by atoms with Gasteiger partial charge in [0.25, 0.3) is 11.7 Å². The average Bonchev–Trinajstić information content (AvgIpc) is 3.28. The molecule has 2 aliphatic heterocycles. The molecule has 0 aliphatic carbocycles. The quantitative estimate of drug-likeness (QED) is 0.460. The van der Waals surface area contributed by atoms with Crippen LogP contribution < -0.4 is 0 Å². The number of Topliss-reactive ketones (excluding diaryl/α,β-unsaturated/α-hetero) is 1. The maximum atomic E-state index is 13.3. The molecule has 3 heterocycles. The van der Waals surface area contributed by atoms with Gasteiger partial charge in [-0.05, 0) is 43.3 Å². The third-order valence-electron chi connectivity index (χ3n) is 5.45. The number of carbonyl (C=O) groups excluding carboxylic acids is 2. The van der Waals surface area contributed by atoms with Crippen molar-refractivity contribution in [2.75, 3.05) is 39.4 Å². The van der Waals surface area contributed by atoms with Gasteiger partial charge in [0.15, 0.2) is 0 Å². The summed E-state index contributed by atoms with van der Waals surface area (Å²) in [5.74, 6) is -1.25. The Labute approximate surface area is 173 Å². The van der Waals surface area contributed by atoms with Crippen LogP contribution in [-0.4, -0.2) is 66.0 Å². The van der Waals surface area contributed by atoms with E-state index in [1.54, 1.807) is 19.1 Å². The van der Waals surface area contributed by atoms with Crippen LogP contribution in [0.3, 0.4) is 0 Å². The number of benzene rings is 1. The van der Waals surface area contributed by atoms with Crippen LogP contribution in [0.2, 0.25) is 0 Å². The number of hydrogen-bond donors (Lipinski definition) is 1. The highest BCUT2D eigenvalue weighted by Gasteiger charge is 2.47. The summed E-state index contributed by atoms with van der Waals surface area (Å²) in [6.45, 7) is 5.41. The molecule has 0 unspecified atom stereocenters. The Kier molecular flexibility index (Phi) is 5.69. The van der Waals surface area contributed by atoms with E-state index in [0.717, 1.165) is 13.1 Å². The van der Waals surface area contributed by atoms with Crippen LogP contribution in [0.5, 0.6) is 0 Å². The second-order valence-corrected chi connectivity index (χ2v) is 7.40. The number of aliphatic hydroxyl groups excluding tert-OH is 1. The first-order valence-electron chi connectivity index (χ1n) is 9.86. The van der Waals surface area contributed by atoms with Crippen LogP contribution >= 0.6 is 0 Å². The largest absolute Gasteiger partial charge is 0.507 e. The number of furan rings is 1. The minimum absolute atomic E-state index is 0.0528. The molecule has 0 spiro atoms. The molecule has 30 heavy (non-hydrogen) atoms. The van der Waals surface area contributed by atoms with Crippen LogP contribution in [0.4, 0.5) is 4.39 Å². The summed E-state index contributed by atoms with van der Waals surface area (Å²) >= 11 is 0. The molecule has 158 valence electrons. The first-order valence-corrected chi connectivity index (χ1v) is 9.86. The molecule has 2 aliphatic rings. The van der Waals surface area contributed by atoms with E-state index in [1.807, 2.05) is 0 Å². The minimum atomic E-state index is -0.843. The number of amides is 1. The molecule has 4 rings (SSSR count). The van der Waals surface area contributed by atoms with Crippen LogP contribution in [-0.2, 0) is 14.3 Å². The smallest absolute Gasteiger partial charge is 0.295 e. The van der Waals surface area contributed by atoms with Gasteiger partial charge in [0.05, 0.1) is 18.8 Å². The molecule has 0 radical (unpaired) electrons. The predicted octanol–water partition coefficient (Wildman–Crippen LogP) is 2.48. The van der Waals surface area contributed by atoms with E-state index in [0.29, 0.717) is 37.8 Å². The number of rotatable bonds is 5. The lowest BCUT2D eigenvalue weighted by molar-refractivity contribution is -0.140. The van der Waals surface area contributed by atoms with E-state index in [-0.39, 0.29) is 16.9 Å². The molecule has 7 nitrogen and oxygen atoms in total. The Hall–Kier alpha value is -2.97. The van der Waals surface area contributed by atoms with Gasteiger partial charge < -0.3 is 19.2 Å². The number of nitrogens with zero attached hydrogens (tertiary/aromatic N) is 2. The van der Waals surface area contributed by atoms with Crippen molar-refractivity contribution in [1.29, 1.82) is 0 Å². The molecule has 1 N–H and O–H groups in total. The summed E-state index contributed by atoms with van der Waals surface area (Å²) in [6, 6.07) is 7.73. The van der Waals surface area contributed by atoms with Crippen LogP contribution in [0.25, 0.3) is 5.76 Å². The van der Waals surface area contributed by atoms with Gasteiger partial charge in [0, 0.05) is 31.7 Å². The second-order valence-electron chi connectivity index (χ2n) is 7.40. The molecule has 1 amide bonds. The van der Waals surface area contributed by atoms with Crippen molar-refractivity contribution < 1.29 is 28.2 Å². The zero-order valence-corrected chi connectivity index (χ0v) is 16.6. The maximum Gasteiger partial charge on any atom is 0.295 e. The second kappa shape index (κ2) is 8.41. The molecule has 0 saturated carbocycles. The van der Waals surface area contributed by atoms with Gasteiger partial charge in [-0.2, -0.15) is 0 Å². The van der Waals surface area contributed by atoms with Crippen LogP contribution in [0.15, 0.2) is 46.4 Å². The number of halogens is 1.